The average Bonchev–Trinajstić information content (AvgIpc) is 2.21. The van der Waals surface area contributed by atoms with E-state index in [4.69, 9.17) is 0 Å². The van der Waals surface area contributed by atoms with Gasteiger partial charge < -0.3 is 12.4 Å². The van der Waals surface area contributed by atoms with Crippen LogP contribution in [-0.4, -0.2) is 4.98 Å². The van der Waals surface area contributed by atoms with Crippen molar-refractivity contribution >= 4 is 12.4 Å². The number of aromatic nitrogens is 2. The maximum Gasteiger partial charge on any atom is 0.213 e. The number of rotatable bonds is 1. The van der Waals surface area contributed by atoms with E-state index in [2.05, 4.69) is 4.98 Å². The van der Waals surface area contributed by atoms with Crippen LogP contribution in [0.1, 0.15) is 0 Å². The molecule has 74 valence electrons. The van der Waals surface area contributed by atoms with E-state index in [1.165, 1.54) is 0 Å². The molecule has 2 aromatic rings. The largest absolute Gasteiger partial charge is 1.00 e. The number of hydrogen-bond donors (Lipinski definition) is 0. The molecule has 0 aliphatic rings. The molecule has 2 aromatic heterocycles. The van der Waals surface area contributed by atoms with Gasteiger partial charge in [-0.15, -0.1) is 12.4 Å². The second-order valence-corrected chi connectivity index (χ2v) is 2.49. The summed E-state index contributed by atoms with van der Waals surface area (Å²) in [7, 11) is 0. The molecule has 14 heavy (non-hydrogen) atoms. The molecule has 0 radical (unpaired) electrons. The van der Waals surface area contributed by atoms with Crippen LogP contribution in [0, 0.1) is 0 Å². The Morgan fingerprint density at radius 2 is 1.50 bits per heavy atom. The molecule has 0 aliphatic heterocycles. The molecule has 0 fully saturated rings. The zero-order valence-electron chi connectivity index (χ0n) is 7.38. The van der Waals surface area contributed by atoms with E-state index in [0.717, 1.165) is 5.69 Å². The highest BCUT2D eigenvalue weighted by atomic mass is 35.5. The molecule has 2 heterocycles. The summed E-state index contributed by atoms with van der Waals surface area (Å²) in [6.45, 7) is 0. The van der Waals surface area contributed by atoms with Crippen molar-refractivity contribution in [2.45, 2.75) is 0 Å². The monoisotopic (exact) mass is 228 g/mol. The molecule has 0 N–H and O–H groups in total. The lowest BCUT2D eigenvalue weighted by Gasteiger charge is -1.91. The molecule has 0 saturated carbocycles. The molecule has 2 nitrogen and oxygen atoms in total. The van der Waals surface area contributed by atoms with E-state index in [1.807, 2.05) is 47.3 Å². The normalized spacial score (nSPS) is 8.29. The quantitative estimate of drug-likeness (QED) is 0.560. The van der Waals surface area contributed by atoms with Crippen LogP contribution < -0.4 is 17.0 Å². The number of pyridine rings is 2. The van der Waals surface area contributed by atoms with Gasteiger partial charge in [0.2, 0.25) is 5.69 Å². The van der Waals surface area contributed by atoms with Crippen molar-refractivity contribution < 1.29 is 17.0 Å². The number of nitrogens with zero attached hydrogens (tertiary/aromatic N) is 2. The van der Waals surface area contributed by atoms with E-state index in [1.54, 1.807) is 12.4 Å². The van der Waals surface area contributed by atoms with Crippen LogP contribution in [0.15, 0.2) is 55.1 Å². The van der Waals surface area contributed by atoms with Crippen LogP contribution in [0.2, 0.25) is 0 Å². The Balaban J connectivity index is 0.000000845. The first-order valence-corrected chi connectivity index (χ1v) is 3.83. The van der Waals surface area contributed by atoms with E-state index < -0.39 is 0 Å². The van der Waals surface area contributed by atoms with Crippen LogP contribution in [-0.2, 0) is 0 Å². The van der Waals surface area contributed by atoms with E-state index in [0.29, 0.717) is 0 Å². The highest BCUT2D eigenvalue weighted by Crippen LogP contribution is 1.93. The first-order chi connectivity index (χ1) is 5.97. The minimum atomic E-state index is 0. The van der Waals surface area contributed by atoms with Crippen LogP contribution in [0.3, 0.4) is 0 Å². The molecule has 0 saturated heterocycles. The van der Waals surface area contributed by atoms with Gasteiger partial charge in [-0.3, -0.25) is 4.98 Å². The third-order valence-electron chi connectivity index (χ3n) is 1.68. The van der Waals surface area contributed by atoms with E-state index in [9.17, 15) is 0 Å². The summed E-state index contributed by atoms with van der Waals surface area (Å²) in [6, 6.07) is 9.94. The topological polar surface area (TPSA) is 16.8 Å². The fourth-order valence-electron chi connectivity index (χ4n) is 1.09. The molecule has 0 spiro atoms. The smallest absolute Gasteiger partial charge is 0.213 e. The van der Waals surface area contributed by atoms with Crippen molar-refractivity contribution in [1.82, 2.24) is 4.98 Å². The van der Waals surface area contributed by atoms with Gasteiger partial charge in [0, 0.05) is 36.7 Å². The summed E-state index contributed by atoms with van der Waals surface area (Å²) in [5.74, 6) is 0. The average molecular weight is 229 g/mol. The minimum absolute atomic E-state index is 0. The molecule has 0 aromatic carbocycles. The van der Waals surface area contributed by atoms with Crippen LogP contribution >= 0.6 is 12.4 Å². The SMILES string of the molecule is Cl.[Cl-].c1cc[n+](-c2ccncc2)cc1. The van der Waals surface area contributed by atoms with Crippen molar-refractivity contribution in [2.24, 2.45) is 0 Å². The maximum atomic E-state index is 3.96. The summed E-state index contributed by atoms with van der Waals surface area (Å²) in [6.07, 6.45) is 7.59. The molecule has 4 heteroatoms. The van der Waals surface area contributed by atoms with Gasteiger partial charge in [0.05, 0.1) is 0 Å². The minimum Gasteiger partial charge on any atom is -1.00 e. The summed E-state index contributed by atoms with van der Waals surface area (Å²) in [4.78, 5) is 3.96. The van der Waals surface area contributed by atoms with Gasteiger partial charge >= 0.3 is 0 Å². The predicted molar refractivity (Wildman–Crippen MR) is 53.0 cm³/mol. The Bertz CT molecular complexity index is 314. The van der Waals surface area contributed by atoms with Gasteiger partial charge in [0.15, 0.2) is 12.4 Å². The highest BCUT2D eigenvalue weighted by molar-refractivity contribution is 5.85. The predicted octanol–water partition coefficient (Wildman–Crippen LogP) is -1.22. The lowest BCUT2D eigenvalue weighted by molar-refractivity contribution is -0.595. The van der Waals surface area contributed by atoms with Gasteiger partial charge in [-0.25, -0.2) is 0 Å². The maximum absolute atomic E-state index is 3.96. The lowest BCUT2D eigenvalue weighted by Crippen LogP contribution is -3.00. The fourth-order valence-corrected chi connectivity index (χ4v) is 1.09. The fraction of sp³-hybridized carbons (Fsp3) is 0. The summed E-state index contributed by atoms with van der Waals surface area (Å²) >= 11 is 0. The molecular formula is C10H10Cl2N2. The van der Waals surface area contributed by atoms with Gasteiger partial charge in [0.1, 0.15) is 0 Å². The van der Waals surface area contributed by atoms with Gasteiger partial charge in [-0.2, -0.15) is 4.57 Å². The Hall–Kier alpha value is -1.12. The number of halogens is 2. The molecule has 0 amide bonds. The molecule has 0 bridgehead atoms. The lowest BCUT2D eigenvalue weighted by atomic mass is 10.4. The molecule has 2 rings (SSSR count). The zero-order chi connectivity index (χ0) is 8.23. The standard InChI is InChI=1S/C10H9N2.2ClH/c1-2-8-12(9-3-1)10-4-6-11-7-5-10;;/h1-9H;2*1H/q+1;;/p-1. The second-order valence-electron chi connectivity index (χ2n) is 2.49. The summed E-state index contributed by atoms with van der Waals surface area (Å²) in [5, 5.41) is 0. The Morgan fingerprint density at radius 1 is 0.929 bits per heavy atom. The summed E-state index contributed by atoms with van der Waals surface area (Å²) < 4.78 is 2.04. The Labute approximate surface area is 95.4 Å². The van der Waals surface area contributed by atoms with Crippen LogP contribution in [0.25, 0.3) is 5.69 Å². The first kappa shape index (κ1) is 12.9. The zero-order valence-corrected chi connectivity index (χ0v) is 8.95. The first-order valence-electron chi connectivity index (χ1n) is 3.83. The molecule has 0 atom stereocenters. The third kappa shape index (κ3) is 2.98. The third-order valence-corrected chi connectivity index (χ3v) is 1.68. The van der Waals surface area contributed by atoms with Crippen molar-refractivity contribution in [2.75, 3.05) is 0 Å². The molecular weight excluding hydrogens is 219 g/mol. The number of hydrogen-bond acceptors (Lipinski definition) is 1. The van der Waals surface area contributed by atoms with Crippen molar-refractivity contribution in [3.63, 3.8) is 0 Å². The molecule has 0 aliphatic carbocycles. The van der Waals surface area contributed by atoms with Gasteiger partial charge in [0.25, 0.3) is 0 Å². The van der Waals surface area contributed by atoms with Gasteiger partial charge in [-0.1, -0.05) is 6.07 Å². The highest BCUT2D eigenvalue weighted by Gasteiger charge is 2.00. The van der Waals surface area contributed by atoms with Gasteiger partial charge in [-0.05, 0) is 0 Å². The van der Waals surface area contributed by atoms with Crippen molar-refractivity contribution in [1.29, 1.82) is 0 Å². The van der Waals surface area contributed by atoms with E-state index >= 15 is 0 Å². The van der Waals surface area contributed by atoms with Crippen LogP contribution in [0.5, 0.6) is 0 Å². The van der Waals surface area contributed by atoms with Crippen molar-refractivity contribution in [3.8, 4) is 5.69 Å². The summed E-state index contributed by atoms with van der Waals surface area (Å²) in [5.41, 5.74) is 1.13. The Morgan fingerprint density at radius 3 is 2.07 bits per heavy atom. The Kier molecular flexibility index (Phi) is 5.84. The van der Waals surface area contributed by atoms with Crippen LogP contribution in [0.4, 0.5) is 0 Å². The second kappa shape index (κ2) is 6.35. The van der Waals surface area contributed by atoms with Crippen molar-refractivity contribution in [3.05, 3.63) is 55.1 Å². The van der Waals surface area contributed by atoms with E-state index in [-0.39, 0.29) is 24.8 Å². The molecule has 0 unspecified atom stereocenters.